The molecule has 2 heterocycles. The van der Waals surface area contributed by atoms with Gasteiger partial charge in [0, 0.05) is 35.2 Å². The van der Waals surface area contributed by atoms with E-state index in [-0.39, 0.29) is 0 Å². The molecule has 1 aliphatic rings. The topological polar surface area (TPSA) is 40.7 Å². The van der Waals surface area contributed by atoms with Gasteiger partial charge in [0.05, 0.1) is 19.9 Å². The summed E-state index contributed by atoms with van der Waals surface area (Å²) in [5, 5.41) is 1.32. The van der Waals surface area contributed by atoms with Crippen molar-refractivity contribution in [2.24, 2.45) is 5.92 Å². The minimum absolute atomic E-state index is 0.398. The Balaban J connectivity index is 1.58. The molecule has 1 aromatic heterocycles. The summed E-state index contributed by atoms with van der Waals surface area (Å²) in [7, 11) is 7.70. The lowest BCUT2D eigenvalue weighted by Crippen LogP contribution is -2.33. The summed E-state index contributed by atoms with van der Waals surface area (Å²) >= 11 is 0. The zero-order valence-corrected chi connectivity index (χ0v) is 21.8. The number of hydrogen-bond acceptors (Lipinski definition) is 4. The molecule has 0 atom stereocenters. The van der Waals surface area contributed by atoms with Crippen LogP contribution in [0.15, 0.2) is 36.4 Å². The van der Waals surface area contributed by atoms with Crippen molar-refractivity contribution in [2.45, 2.75) is 45.4 Å². The lowest BCUT2D eigenvalue weighted by atomic mass is 9.91. The number of nitrogens with one attached hydrogen (secondary N) is 1. The zero-order chi connectivity index (χ0) is 24.2. The van der Waals surface area contributed by atoms with E-state index in [4.69, 9.17) is 9.47 Å². The van der Waals surface area contributed by atoms with Gasteiger partial charge in [-0.25, -0.2) is 0 Å². The Bertz CT molecular complexity index is 1090. The van der Waals surface area contributed by atoms with Gasteiger partial charge in [0.25, 0.3) is 0 Å². The summed E-state index contributed by atoms with van der Waals surface area (Å²) < 4.78 is 11.0. The Kier molecular flexibility index (Phi) is 7.72. The van der Waals surface area contributed by atoms with Gasteiger partial charge >= 0.3 is 0 Å². The summed E-state index contributed by atoms with van der Waals surface area (Å²) in [6.07, 6.45) is 5.26. The maximum Gasteiger partial charge on any atom is 0.161 e. The van der Waals surface area contributed by atoms with Gasteiger partial charge < -0.3 is 24.3 Å². The predicted octanol–water partition coefficient (Wildman–Crippen LogP) is 6.53. The number of benzene rings is 2. The Labute approximate surface area is 205 Å². The van der Waals surface area contributed by atoms with Crippen LogP contribution < -0.4 is 14.4 Å². The van der Waals surface area contributed by atoms with Crippen molar-refractivity contribution >= 4 is 16.6 Å². The number of aromatic amines is 1. The molecule has 0 radical (unpaired) electrons. The summed E-state index contributed by atoms with van der Waals surface area (Å²) in [5.41, 5.74) is 6.19. The number of nitrogens with zero attached hydrogens (tertiary/aromatic N) is 2. The highest BCUT2D eigenvalue weighted by atomic mass is 16.5. The van der Waals surface area contributed by atoms with Crippen LogP contribution in [-0.4, -0.2) is 57.8 Å². The molecule has 1 aliphatic heterocycles. The number of fused-ring (bicyclic) bond motifs is 1. The van der Waals surface area contributed by atoms with Crippen molar-refractivity contribution in [3.8, 4) is 22.8 Å². The number of aromatic nitrogens is 1. The molecule has 0 aliphatic carbocycles. The summed E-state index contributed by atoms with van der Waals surface area (Å²) in [6.45, 7) is 8.06. The van der Waals surface area contributed by atoms with Crippen LogP contribution in [0.4, 0.5) is 5.69 Å². The first-order chi connectivity index (χ1) is 16.4. The first-order valence-electron chi connectivity index (χ1n) is 12.7. The van der Waals surface area contributed by atoms with Crippen LogP contribution in [0.5, 0.6) is 11.5 Å². The Hall–Kier alpha value is -2.66. The third-order valence-electron chi connectivity index (χ3n) is 7.27. The van der Waals surface area contributed by atoms with E-state index in [1.165, 1.54) is 60.1 Å². The molecule has 1 saturated heterocycles. The molecule has 0 saturated carbocycles. The van der Waals surface area contributed by atoms with E-state index < -0.39 is 0 Å². The Morgan fingerprint density at radius 1 is 1.00 bits per heavy atom. The number of hydrogen-bond donors (Lipinski definition) is 1. The second-order valence-electron chi connectivity index (χ2n) is 10.2. The minimum atomic E-state index is 0.398. The fourth-order valence-electron chi connectivity index (χ4n) is 5.39. The average molecular weight is 464 g/mol. The van der Waals surface area contributed by atoms with Gasteiger partial charge in [-0.2, -0.15) is 0 Å². The number of ether oxygens (including phenoxy) is 2. The molecular weight excluding hydrogens is 422 g/mol. The smallest absolute Gasteiger partial charge is 0.161 e. The Morgan fingerprint density at radius 3 is 2.38 bits per heavy atom. The van der Waals surface area contributed by atoms with Crippen LogP contribution in [0.1, 0.15) is 51.0 Å². The standard InChI is InChI=1S/C29H41N3O2/c1-20(2)28-24-19-23(32-16-13-21(14-17-32)8-7-15-31(3)4)10-11-25(24)30-29(28)22-9-12-26(33-5)27(18-22)34-6/h9-12,18-21,30H,7-8,13-17H2,1-6H3. The average Bonchev–Trinajstić information content (AvgIpc) is 3.23. The summed E-state index contributed by atoms with van der Waals surface area (Å²) in [4.78, 5) is 8.58. The highest BCUT2D eigenvalue weighted by Crippen LogP contribution is 2.40. The molecule has 1 N–H and O–H groups in total. The molecule has 1 fully saturated rings. The third kappa shape index (κ3) is 5.20. The monoisotopic (exact) mass is 463 g/mol. The quantitative estimate of drug-likeness (QED) is 0.391. The number of methoxy groups -OCH3 is 2. The van der Waals surface area contributed by atoms with E-state index >= 15 is 0 Å². The third-order valence-corrected chi connectivity index (χ3v) is 7.27. The van der Waals surface area contributed by atoms with Crippen LogP contribution >= 0.6 is 0 Å². The maximum absolute atomic E-state index is 5.57. The summed E-state index contributed by atoms with van der Waals surface area (Å²) in [5.74, 6) is 2.77. The van der Waals surface area contributed by atoms with Crippen molar-refractivity contribution in [2.75, 3.05) is 52.8 Å². The lowest BCUT2D eigenvalue weighted by Gasteiger charge is -2.34. The van der Waals surface area contributed by atoms with Gasteiger partial charge in [0.15, 0.2) is 11.5 Å². The van der Waals surface area contributed by atoms with Crippen LogP contribution in [0.3, 0.4) is 0 Å². The van der Waals surface area contributed by atoms with E-state index in [9.17, 15) is 0 Å². The van der Waals surface area contributed by atoms with E-state index in [1.54, 1.807) is 14.2 Å². The molecule has 0 amide bonds. The van der Waals surface area contributed by atoms with Gasteiger partial charge in [0.1, 0.15) is 0 Å². The second-order valence-corrected chi connectivity index (χ2v) is 10.2. The van der Waals surface area contributed by atoms with Gasteiger partial charge in [-0.1, -0.05) is 13.8 Å². The largest absolute Gasteiger partial charge is 0.493 e. The molecule has 0 bridgehead atoms. The number of anilines is 1. The van der Waals surface area contributed by atoms with E-state index in [0.29, 0.717) is 5.92 Å². The first kappa shape index (κ1) is 24.5. The van der Waals surface area contributed by atoms with Crippen LogP contribution in [0, 0.1) is 5.92 Å². The molecule has 4 rings (SSSR count). The Morgan fingerprint density at radius 2 is 1.74 bits per heavy atom. The van der Waals surface area contributed by atoms with Gasteiger partial charge in [0.2, 0.25) is 0 Å². The highest BCUT2D eigenvalue weighted by molar-refractivity contribution is 5.93. The zero-order valence-electron chi connectivity index (χ0n) is 21.8. The lowest BCUT2D eigenvalue weighted by molar-refractivity contribution is 0.332. The van der Waals surface area contributed by atoms with E-state index in [0.717, 1.165) is 36.1 Å². The SMILES string of the molecule is COc1ccc(-c2[nH]c3ccc(N4CCC(CCCN(C)C)CC4)cc3c2C(C)C)cc1OC. The number of H-pyrrole nitrogens is 1. The predicted molar refractivity (Wildman–Crippen MR) is 144 cm³/mol. The van der Waals surface area contributed by atoms with E-state index in [1.807, 2.05) is 6.07 Å². The molecule has 34 heavy (non-hydrogen) atoms. The van der Waals surface area contributed by atoms with Crippen LogP contribution in [0.2, 0.25) is 0 Å². The van der Waals surface area contributed by atoms with Crippen molar-refractivity contribution in [1.29, 1.82) is 0 Å². The van der Waals surface area contributed by atoms with Crippen molar-refractivity contribution < 1.29 is 9.47 Å². The summed E-state index contributed by atoms with van der Waals surface area (Å²) in [6, 6.07) is 13.1. The highest BCUT2D eigenvalue weighted by Gasteiger charge is 2.22. The second kappa shape index (κ2) is 10.7. The van der Waals surface area contributed by atoms with Crippen LogP contribution in [0.25, 0.3) is 22.2 Å². The van der Waals surface area contributed by atoms with E-state index in [2.05, 4.69) is 73.1 Å². The normalized spacial score (nSPS) is 15.0. The van der Waals surface area contributed by atoms with Gasteiger partial charge in [-0.05, 0) is 100 Å². The van der Waals surface area contributed by atoms with Crippen LogP contribution in [-0.2, 0) is 0 Å². The van der Waals surface area contributed by atoms with Gasteiger partial charge in [-0.3, -0.25) is 0 Å². The fraction of sp³-hybridized carbons (Fsp3) is 0.517. The molecule has 184 valence electrons. The van der Waals surface area contributed by atoms with Crippen molar-refractivity contribution in [3.05, 3.63) is 42.0 Å². The molecule has 0 unspecified atom stereocenters. The maximum atomic E-state index is 5.57. The molecule has 5 nitrogen and oxygen atoms in total. The molecule has 5 heteroatoms. The fourth-order valence-corrected chi connectivity index (χ4v) is 5.39. The van der Waals surface area contributed by atoms with Crippen molar-refractivity contribution in [3.63, 3.8) is 0 Å². The van der Waals surface area contributed by atoms with Gasteiger partial charge in [-0.15, -0.1) is 0 Å². The molecule has 3 aromatic rings. The molecule has 2 aromatic carbocycles. The number of rotatable bonds is 9. The molecule has 0 spiro atoms. The first-order valence-corrected chi connectivity index (χ1v) is 12.7. The van der Waals surface area contributed by atoms with Crippen molar-refractivity contribution in [1.82, 2.24) is 9.88 Å². The molecular formula is C29H41N3O2. The minimum Gasteiger partial charge on any atom is -0.493 e. The number of piperidine rings is 1.